The molecule has 2 heteroatoms. The van der Waals surface area contributed by atoms with Crippen molar-refractivity contribution in [3.8, 4) is 22.4 Å². The lowest BCUT2D eigenvalue weighted by atomic mass is 9.84. The van der Waals surface area contributed by atoms with E-state index < -0.39 is 0 Å². The predicted octanol–water partition coefficient (Wildman–Crippen LogP) is 4.46. The highest BCUT2D eigenvalue weighted by atomic mass is 16.1. The molecule has 0 amide bonds. The number of carbonyl (C=O) groups is 1. The van der Waals surface area contributed by atoms with Gasteiger partial charge < -0.3 is 0 Å². The van der Waals surface area contributed by atoms with Crippen molar-refractivity contribution in [3.63, 3.8) is 0 Å². The highest BCUT2D eigenvalue weighted by Crippen LogP contribution is 2.37. The van der Waals surface area contributed by atoms with Gasteiger partial charge in [0, 0.05) is 17.7 Å². The molecule has 0 saturated heterocycles. The van der Waals surface area contributed by atoms with Crippen LogP contribution in [-0.4, -0.2) is 10.8 Å². The summed E-state index contributed by atoms with van der Waals surface area (Å²) >= 11 is 0. The van der Waals surface area contributed by atoms with E-state index in [1.165, 1.54) is 0 Å². The summed E-state index contributed by atoms with van der Waals surface area (Å²) < 4.78 is 0. The summed E-state index contributed by atoms with van der Waals surface area (Å²) in [5, 5.41) is 0. The fourth-order valence-corrected chi connectivity index (χ4v) is 3.16. The molecule has 0 radical (unpaired) electrons. The van der Waals surface area contributed by atoms with Gasteiger partial charge in [-0.15, -0.1) is 0 Å². The molecule has 0 bridgehead atoms. The topological polar surface area (TPSA) is 30.0 Å². The number of hydrogen-bond donors (Lipinski definition) is 0. The van der Waals surface area contributed by atoms with E-state index in [0.717, 1.165) is 39.2 Å². The number of rotatable bonds is 1. The molecule has 0 spiro atoms. The number of nitrogens with zero attached hydrogens (tertiary/aromatic N) is 1. The van der Waals surface area contributed by atoms with E-state index in [4.69, 9.17) is 0 Å². The van der Waals surface area contributed by atoms with E-state index in [1.807, 2.05) is 61.5 Å². The van der Waals surface area contributed by atoms with Crippen molar-refractivity contribution in [2.24, 2.45) is 0 Å². The summed E-state index contributed by atoms with van der Waals surface area (Å²) in [5.74, 6) is 0.153. The summed E-state index contributed by atoms with van der Waals surface area (Å²) in [6.45, 7) is 1.98. The maximum atomic E-state index is 12.7. The molecule has 4 rings (SSSR count). The molecule has 0 unspecified atom stereocenters. The Kier molecular flexibility index (Phi) is 2.90. The van der Waals surface area contributed by atoms with Crippen molar-refractivity contribution in [1.82, 2.24) is 4.98 Å². The molecule has 22 heavy (non-hydrogen) atoms. The Balaban J connectivity index is 2.06. The average molecular weight is 285 g/mol. The highest BCUT2D eigenvalue weighted by Gasteiger charge is 2.27. The Labute approximate surface area is 129 Å². The number of fused-ring (bicyclic) bond motifs is 3. The lowest BCUT2D eigenvalue weighted by Gasteiger charge is -2.21. The molecule has 0 atom stereocenters. The smallest absolute Gasteiger partial charge is 0.170 e. The van der Waals surface area contributed by atoms with Crippen LogP contribution in [0.2, 0.25) is 0 Å². The van der Waals surface area contributed by atoms with Crippen LogP contribution >= 0.6 is 0 Å². The van der Waals surface area contributed by atoms with E-state index in [2.05, 4.69) is 11.1 Å². The average Bonchev–Trinajstić information content (AvgIpc) is 2.55. The van der Waals surface area contributed by atoms with Crippen LogP contribution in [0.5, 0.6) is 0 Å². The Bertz CT molecular complexity index is 864. The van der Waals surface area contributed by atoms with Crippen molar-refractivity contribution < 1.29 is 4.79 Å². The second-order valence-electron chi connectivity index (χ2n) is 5.66. The first-order chi connectivity index (χ1) is 10.7. The zero-order valence-electron chi connectivity index (χ0n) is 12.3. The molecule has 2 aromatic carbocycles. The minimum absolute atomic E-state index is 0.153. The Morgan fingerprint density at radius 3 is 2.45 bits per heavy atom. The number of ketones is 1. The van der Waals surface area contributed by atoms with Gasteiger partial charge in [-0.25, -0.2) is 0 Å². The van der Waals surface area contributed by atoms with Crippen LogP contribution < -0.4 is 0 Å². The second kappa shape index (κ2) is 4.92. The first-order valence-corrected chi connectivity index (χ1v) is 7.42. The molecule has 2 nitrogen and oxygen atoms in total. The fraction of sp³-hybridized carbons (Fsp3) is 0.100. The number of Topliss-reactive ketones (excluding diaryl/α,β-unsaturated/α-hetero) is 1. The van der Waals surface area contributed by atoms with Gasteiger partial charge in [0.05, 0.1) is 11.3 Å². The van der Waals surface area contributed by atoms with Gasteiger partial charge in [-0.1, -0.05) is 54.6 Å². The van der Waals surface area contributed by atoms with Gasteiger partial charge in [0.15, 0.2) is 5.78 Å². The molecule has 3 aromatic rings. The lowest BCUT2D eigenvalue weighted by molar-refractivity contribution is 0.0992. The molecule has 0 N–H and O–H groups in total. The molecule has 0 saturated carbocycles. The number of carbonyl (C=O) groups excluding carboxylic acids is 1. The van der Waals surface area contributed by atoms with Crippen LogP contribution in [0.3, 0.4) is 0 Å². The summed E-state index contributed by atoms with van der Waals surface area (Å²) in [6, 6.07) is 20.1. The summed E-state index contributed by atoms with van der Waals surface area (Å²) in [4.78, 5) is 17.4. The van der Waals surface area contributed by atoms with Gasteiger partial charge in [-0.3, -0.25) is 9.78 Å². The third kappa shape index (κ3) is 1.96. The largest absolute Gasteiger partial charge is 0.294 e. The zero-order valence-corrected chi connectivity index (χ0v) is 12.3. The predicted molar refractivity (Wildman–Crippen MR) is 87.9 cm³/mol. The van der Waals surface area contributed by atoms with E-state index >= 15 is 0 Å². The number of benzene rings is 2. The third-order valence-electron chi connectivity index (χ3n) is 4.13. The summed E-state index contributed by atoms with van der Waals surface area (Å²) in [5.41, 5.74) is 6.72. The van der Waals surface area contributed by atoms with Crippen molar-refractivity contribution in [1.29, 1.82) is 0 Å². The number of pyridine rings is 1. The Morgan fingerprint density at radius 1 is 0.909 bits per heavy atom. The minimum atomic E-state index is 0.153. The zero-order chi connectivity index (χ0) is 15.1. The minimum Gasteiger partial charge on any atom is -0.294 e. The second-order valence-corrected chi connectivity index (χ2v) is 5.66. The van der Waals surface area contributed by atoms with Gasteiger partial charge in [-0.2, -0.15) is 0 Å². The van der Waals surface area contributed by atoms with Crippen molar-refractivity contribution in [2.45, 2.75) is 13.3 Å². The van der Waals surface area contributed by atoms with Crippen LogP contribution in [0.1, 0.15) is 21.6 Å². The van der Waals surface area contributed by atoms with Crippen LogP contribution in [0.15, 0.2) is 60.7 Å². The Hall–Kier alpha value is -2.74. The highest BCUT2D eigenvalue weighted by molar-refractivity contribution is 6.11. The fourth-order valence-electron chi connectivity index (χ4n) is 3.16. The van der Waals surface area contributed by atoms with Crippen molar-refractivity contribution in [3.05, 3.63) is 77.5 Å². The molecule has 1 aliphatic carbocycles. The number of hydrogen-bond acceptors (Lipinski definition) is 2. The van der Waals surface area contributed by atoms with Crippen molar-refractivity contribution in [2.75, 3.05) is 0 Å². The Morgan fingerprint density at radius 2 is 1.64 bits per heavy atom. The molecule has 1 aromatic heterocycles. The van der Waals surface area contributed by atoms with Gasteiger partial charge in [0.25, 0.3) is 0 Å². The van der Waals surface area contributed by atoms with E-state index in [9.17, 15) is 4.79 Å². The molecular weight excluding hydrogens is 270 g/mol. The van der Waals surface area contributed by atoms with Gasteiger partial charge in [-0.05, 0) is 29.7 Å². The standard InChI is InChI=1S/C20H15NO/c1-13-11-17(14-7-3-2-4-8-14)19-18(22)12-15-9-5-6-10-16(15)20(19)21-13/h2-11H,12H2,1H3. The van der Waals surface area contributed by atoms with Crippen LogP contribution in [0.25, 0.3) is 22.4 Å². The van der Waals surface area contributed by atoms with Crippen LogP contribution in [-0.2, 0) is 6.42 Å². The van der Waals surface area contributed by atoms with E-state index in [-0.39, 0.29) is 5.78 Å². The maximum Gasteiger partial charge on any atom is 0.170 e. The molecule has 1 heterocycles. The van der Waals surface area contributed by atoms with E-state index in [1.54, 1.807) is 0 Å². The maximum absolute atomic E-state index is 12.7. The van der Waals surface area contributed by atoms with Crippen LogP contribution in [0, 0.1) is 6.92 Å². The quantitative estimate of drug-likeness (QED) is 0.660. The molecular formula is C20H15NO. The normalized spacial score (nSPS) is 12.7. The molecule has 0 aliphatic heterocycles. The summed E-state index contributed by atoms with van der Waals surface area (Å²) in [7, 11) is 0. The molecule has 1 aliphatic rings. The SMILES string of the molecule is Cc1cc(-c2ccccc2)c2c(n1)-c1ccccc1CC2=O. The number of aromatic nitrogens is 1. The molecule has 106 valence electrons. The monoisotopic (exact) mass is 285 g/mol. The van der Waals surface area contributed by atoms with E-state index in [0.29, 0.717) is 6.42 Å². The van der Waals surface area contributed by atoms with Gasteiger partial charge in [0.2, 0.25) is 0 Å². The number of aryl methyl sites for hydroxylation is 1. The first-order valence-electron chi connectivity index (χ1n) is 7.42. The van der Waals surface area contributed by atoms with Crippen molar-refractivity contribution >= 4 is 5.78 Å². The first kappa shape index (κ1) is 13.0. The van der Waals surface area contributed by atoms with Crippen LogP contribution in [0.4, 0.5) is 0 Å². The van der Waals surface area contributed by atoms with Gasteiger partial charge >= 0.3 is 0 Å². The summed E-state index contributed by atoms with van der Waals surface area (Å²) in [6.07, 6.45) is 0.452. The third-order valence-corrected chi connectivity index (χ3v) is 4.13. The molecule has 0 fully saturated rings. The lowest BCUT2D eigenvalue weighted by Crippen LogP contribution is -2.15. The van der Waals surface area contributed by atoms with Gasteiger partial charge in [0.1, 0.15) is 0 Å².